The lowest BCUT2D eigenvalue weighted by Crippen LogP contribution is -2.13. The number of nitrogens with one attached hydrogen (secondary N) is 1. The second-order valence-corrected chi connectivity index (χ2v) is 5.62. The molecule has 0 bridgehead atoms. The Bertz CT molecular complexity index is 693. The molecule has 1 aliphatic heterocycles. The topological polar surface area (TPSA) is 41.5 Å². The molecule has 0 saturated carbocycles. The molecule has 1 N–H and O–H groups in total. The molecule has 21 heavy (non-hydrogen) atoms. The first kappa shape index (κ1) is 13.6. The predicted octanol–water partition coefficient (Wildman–Crippen LogP) is 3.35. The summed E-state index contributed by atoms with van der Waals surface area (Å²) >= 11 is 1.67. The zero-order chi connectivity index (χ0) is 14.5. The van der Waals surface area contributed by atoms with Crippen molar-refractivity contribution in [2.24, 2.45) is 5.10 Å². The van der Waals surface area contributed by atoms with E-state index >= 15 is 0 Å². The Hall–Kier alpha value is -2.33. The monoisotopic (exact) mass is 294 g/mol. The van der Waals surface area contributed by atoms with Gasteiger partial charge in [-0.25, -0.2) is 5.43 Å². The lowest BCUT2D eigenvalue weighted by molar-refractivity contribution is -0.116. The molecular formula is C17H14N2OS. The van der Waals surface area contributed by atoms with Crippen LogP contribution < -0.4 is 5.43 Å². The maximum absolute atomic E-state index is 11.9. The molecule has 1 heterocycles. The van der Waals surface area contributed by atoms with Gasteiger partial charge in [0.2, 0.25) is 0 Å². The van der Waals surface area contributed by atoms with Crippen LogP contribution in [0.5, 0.6) is 0 Å². The van der Waals surface area contributed by atoms with E-state index in [4.69, 9.17) is 0 Å². The summed E-state index contributed by atoms with van der Waals surface area (Å²) in [5.74, 6) is 0.532. The van der Waals surface area contributed by atoms with Crippen LogP contribution in [-0.4, -0.2) is 17.4 Å². The number of thioether (sulfide) groups is 1. The second kappa shape index (κ2) is 6.41. The molecule has 2 aromatic rings. The highest BCUT2D eigenvalue weighted by Gasteiger charge is 2.22. The van der Waals surface area contributed by atoms with Crippen molar-refractivity contribution in [3.63, 3.8) is 0 Å². The Morgan fingerprint density at radius 3 is 2.38 bits per heavy atom. The summed E-state index contributed by atoms with van der Waals surface area (Å²) < 4.78 is 0. The molecule has 2 aromatic carbocycles. The average molecular weight is 294 g/mol. The third-order valence-electron chi connectivity index (χ3n) is 3.08. The fourth-order valence-corrected chi connectivity index (χ4v) is 2.89. The van der Waals surface area contributed by atoms with Gasteiger partial charge in [-0.05, 0) is 23.8 Å². The van der Waals surface area contributed by atoms with Gasteiger partial charge >= 0.3 is 0 Å². The number of benzene rings is 2. The van der Waals surface area contributed by atoms with Gasteiger partial charge in [0.15, 0.2) is 0 Å². The van der Waals surface area contributed by atoms with E-state index in [1.807, 2.05) is 54.6 Å². The third kappa shape index (κ3) is 3.41. The number of hydrazone groups is 1. The first-order valence-corrected chi connectivity index (χ1v) is 7.63. The molecule has 0 aliphatic carbocycles. The van der Waals surface area contributed by atoms with E-state index in [0.29, 0.717) is 11.3 Å². The fraction of sp³-hybridized carbons (Fsp3) is 0.0588. The van der Waals surface area contributed by atoms with Crippen molar-refractivity contribution >= 4 is 29.5 Å². The number of rotatable bonds is 4. The van der Waals surface area contributed by atoms with Crippen LogP contribution in [0, 0.1) is 0 Å². The van der Waals surface area contributed by atoms with Crippen molar-refractivity contribution in [2.45, 2.75) is 4.90 Å². The SMILES string of the molecule is O=C1NN=C(CSc2ccccc2)/C1=C\c1ccccc1. The molecule has 1 amide bonds. The lowest BCUT2D eigenvalue weighted by atomic mass is 10.1. The Kier molecular flexibility index (Phi) is 4.17. The highest BCUT2D eigenvalue weighted by atomic mass is 32.2. The van der Waals surface area contributed by atoms with Gasteiger partial charge in [-0.2, -0.15) is 5.10 Å². The molecule has 0 radical (unpaired) electrons. The third-order valence-corrected chi connectivity index (χ3v) is 4.10. The van der Waals surface area contributed by atoms with E-state index in [2.05, 4.69) is 22.7 Å². The lowest BCUT2D eigenvalue weighted by Gasteiger charge is -2.02. The molecule has 104 valence electrons. The highest BCUT2D eigenvalue weighted by molar-refractivity contribution is 8.00. The van der Waals surface area contributed by atoms with Crippen LogP contribution in [0.2, 0.25) is 0 Å². The Balaban J connectivity index is 1.75. The van der Waals surface area contributed by atoms with Gasteiger partial charge in [0.05, 0.1) is 11.3 Å². The van der Waals surface area contributed by atoms with Crippen molar-refractivity contribution in [1.82, 2.24) is 5.43 Å². The zero-order valence-corrected chi connectivity index (χ0v) is 12.1. The van der Waals surface area contributed by atoms with Crippen LogP contribution in [0.15, 0.2) is 76.2 Å². The zero-order valence-electron chi connectivity index (χ0n) is 11.3. The van der Waals surface area contributed by atoms with Crippen molar-refractivity contribution in [3.05, 3.63) is 71.8 Å². The maximum atomic E-state index is 11.9. The summed E-state index contributed by atoms with van der Waals surface area (Å²) in [6, 6.07) is 19.9. The summed E-state index contributed by atoms with van der Waals surface area (Å²) in [6.07, 6.45) is 1.88. The summed E-state index contributed by atoms with van der Waals surface area (Å²) in [6.45, 7) is 0. The Labute approximate surface area is 127 Å². The van der Waals surface area contributed by atoms with Crippen LogP contribution in [0.4, 0.5) is 0 Å². The maximum Gasteiger partial charge on any atom is 0.273 e. The number of hydrogen-bond donors (Lipinski definition) is 1. The van der Waals surface area contributed by atoms with E-state index in [1.165, 1.54) is 4.90 Å². The smallest absolute Gasteiger partial charge is 0.267 e. The number of nitrogens with zero attached hydrogens (tertiary/aromatic N) is 1. The number of carbonyl (C=O) groups is 1. The van der Waals surface area contributed by atoms with E-state index in [9.17, 15) is 4.79 Å². The van der Waals surface area contributed by atoms with E-state index in [-0.39, 0.29) is 5.91 Å². The van der Waals surface area contributed by atoms with Crippen molar-refractivity contribution in [1.29, 1.82) is 0 Å². The number of amides is 1. The molecule has 3 nitrogen and oxygen atoms in total. The molecule has 0 fully saturated rings. The van der Waals surface area contributed by atoms with Gasteiger partial charge in [-0.15, -0.1) is 11.8 Å². The summed E-state index contributed by atoms with van der Waals surface area (Å²) in [5, 5.41) is 4.14. The highest BCUT2D eigenvalue weighted by Crippen LogP contribution is 2.21. The van der Waals surface area contributed by atoms with Gasteiger partial charge in [-0.3, -0.25) is 4.79 Å². The minimum absolute atomic E-state index is 0.137. The minimum atomic E-state index is -0.137. The predicted molar refractivity (Wildman–Crippen MR) is 87.2 cm³/mol. The van der Waals surface area contributed by atoms with Crippen molar-refractivity contribution in [2.75, 3.05) is 5.75 Å². The molecule has 0 saturated heterocycles. The fourth-order valence-electron chi connectivity index (χ4n) is 2.01. The summed E-state index contributed by atoms with van der Waals surface area (Å²) in [4.78, 5) is 13.1. The molecule has 0 unspecified atom stereocenters. The Morgan fingerprint density at radius 2 is 1.67 bits per heavy atom. The number of carbonyl (C=O) groups excluding carboxylic acids is 1. The van der Waals surface area contributed by atoms with Crippen molar-refractivity contribution in [3.8, 4) is 0 Å². The molecule has 3 rings (SSSR count). The van der Waals surface area contributed by atoms with Crippen LogP contribution in [0.25, 0.3) is 6.08 Å². The molecular weight excluding hydrogens is 280 g/mol. The van der Waals surface area contributed by atoms with E-state index in [0.717, 1.165) is 11.3 Å². The van der Waals surface area contributed by atoms with E-state index < -0.39 is 0 Å². The summed E-state index contributed by atoms with van der Waals surface area (Å²) in [7, 11) is 0. The van der Waals surface area contributed by atoms with E-state index in [1.54, 1.807) is 11.8 Å². The molecule has 0 spiro atoms. The standard InChI is InChI=1S/C17H14N2OS/c20-17-15(11-13-7-3-1-4-8-13)16(18-19-17)12-21-14-9-5-2-6-10-14/h1-11H,12H2,(H,19,20)/b15-11+. The Morgan fingerprint density at radius 1 is 1.00 bits per heavy atom. The average Bonchev–Trinajstić information content (AvgIpc) is 2.88. The molecule has 0 atom stereocenters. The van der Waals surface area contributed by atoms with Crippen LogP contribution >= 0.6 is 11.8 Å². The van der Waals surface area contributed by atoms with Crippen LogP contribution in [-0.2, 0) is 4.79 Å². The quantitative estimate of drug-likeness (QED) is 0.694. The second-order valence-electron chi connectivity index (χ2n) is 4.57. The van der Waals surface area contributed by atoms with Gasteiger partial charge in [0, 0.05) is 10.6 Å². The summed E-state index contributed by atoms with van der Waals surface area (Å²) in [5.41, 5.74) is 4.98. The first-order valence-electron chi connectivity index (χ1n) is 6.65. The molecule has 1 aliphatic rings. The largest absolute Gasteiger partial charge is 0.273 e. The van der Waals surface area contributed by atoms with Gasteiger partial charge in [0.1, 0.15) is 0 Å². The molecule has 0 aromatic heterocycles. The number of hydrogen-bond acceptors (Lipinski definition) is 3. The van der Waals surface area contributed by atoms with Gasteiger partial charge in [0.25, 0.3) is 5.91 Å². The van der Waals surface area contributed by atoms with Gasteiger partial charge < -0.3 is 0 Å². The van der Waals surface area contributed by atoms with Crippen LogP contribution in [0.1, 0.15) is 5.56 Å². The van der Waals surface area contributed by atoms with Crippen LogP contribution in [0.3, 0.4) is 0 Å². The van der Waals surface area contributed by atoms with Crippen molar-refractivity contribution < 1.29 is 4.79 Å². The normalized spacial score (nSPS) is 15.9. The first-order chi connectivity index (χ1) is 10.3. The van der Waals surface area contributed by atoms with Gasteiger partial charge in [-0.1, -0.05) is 48.5 Å². The molecule has 4 heteroatoms. The minimum Gasteiger partial charge on any atom is -0.267 e.